The van der Waals surface area contributed by atoms with Crippen molar-refractivity contribution in [2.45, 2.75) is 71.9 Å². The molecule has 2 atom stereocenters. The highest BCUT2D eigenvalue weighted by Gasteiger charge is 2.32. The van der Waals surface area contributed by atoms with Crippen LogP contribution >= 0.6 is 0 Å². The summed E-state index contributed by atoms with van der Waals surface area (Å²) in [4.78, 5) is 0. The molecule has 102 valence electrons. The van der Waals surface area contributed by atoms with E-state index in [1.807, 2.05) is 0 Å². The number of ether oxygens (including phenoxy) is 1. The molecular weight excluding hydrogens is 210 g/mol. The first-order valence-corrected chi connectivity index (χ1v) is 7.56. The van der Waals surface area contributed by atoms with Crippen molar-refractivity contribution in [2.24, 2.45) is 11.8 Å². The van der Waals surface area contributed by atoms with Crippen molar-refractivity contribution < 1.29 is 4.74 Å². The molecule has 1 aliphatic rings. The molecule has 2 nitrogen and oxygen atoms in total. The Bertz CT molecular complexity index is 189. The maximum atomic E-state index is 5.64. The van der Waals surface area contributed by atoms with Crippen LogP contribution in [0.4, 0.5) is 0 Å². The zero-order valence-corrected chi connectivity index (χ0v) is 12.2. The van der Waals surface area contributed by atoms with Gasteiger partial charge >= 0.3 is 0 Å². The first kappa shape index (κ1) is 15.0. The van der Waals surface area contributed by atoms with Gasteiger partial charge in [-0.1, -0.05) is 27.2 Å². The fraction of sp³-hybridized carbons (Fsp3) is 1.00. The zero-order valence-electron chi connectivity index (χ0n) is 12.2. The lowest BCUT2D eigenvalue weighted by Crippen LogP contribution is -2.41. The Kier molecular flexibility index (Phi) is 7.14. The quantitative estimate of drug-likeness (QED) is 0.666. The van der Waals surface area contributed by atoms with E-state index in [1.54, 1.807) is 0 Å². The van der Waals surface area contributed by atoms with Crippen LogP contribution in [0, 0.1) is 11.8 Å². The van der Waals surface area contributed by atoms with E-state index in [4.69, 9.17) is 4.74 Å². The lowest BCUT2D eigenvalue weighted by atomic mass is 9.76. The summed E-state index contributed by atoms with van der Waals surface area (Å²) in [5.74, 6) is 1.70. The third kappa shape index (κ3) is 4.97. The van der Waals surface area contributed by atoms with Crippen molar-refractivity contribution in [3.05, 3.63) is 0 Å². The van der Waals surface area contributed by atoms with Crippen molar-refractivity contribution in [1.82, 2.24) is 5.32 Å². The summed E-state index contributed by atoms with van der Waals surface area (Å²) in [6.45, 7) is 11.1. The zero-order chi connectivity index (χ0) is 12.7. The monoisotopic (exact) mass is 241 g/mol. The molecule has 0 aromatic heterocycles. The second kappa shape index (κ2) is 8.10. The molecule has 0 aromatic rings. The van der Waals surface area contributed by atoms with E-state index >= 15 is 0 Å². The van der Waals surface area contributed by atoms with Crippen molar-refractivity contribution in [1.29, 1.82) is 0 Å². The summed E-state index contributed by atoms with van der Waals surface area (Å²) in [5, 5.41) is 3.73. The molecule has 17 heavy (non-hydrogen) atoms. The average molecular weight is 241 g/mol. The topological polar surface area (TPSA) is 21.3 Å². The molecule has 1 N–H and O–H groups in total. The molecule has 2 unspecified atom stereocenters. The fourth-order valence-electron chi connectivity index (χ4n) is 2.73. The van der Waals surface area contributed by atoms with Gasteiger partial charge in [0.05, 0.1) is 6.10 Å². The van der Waals surface area contributed by atoms with Gasteiger partial charge in [0.2, 0.25) is 0 Å². The Morgan fingerprint density at radius 3 is 2.47 bits per heavy atom. The summed E-state index contributed by atoms with van der Waals surface area (Å²) in [6.07, 6.45) is 7.00. The predicted octanol–water partition coefficient (Wildman–Crippen LogP) is 3.61. The smallest absolute Gasteiger partial charge is 0.0580 e. The molecular formula is C15H31NO. The first-order chi connectivity index (χ1) is 8.21. The SMILES string of the molecule is CCCNC(CC1CC(OCC)C1)C(C)CC. The molecule has 0 bridgehead atoms. The number of rotatable bonds is 9. The lowest BCUT2D eigenvalue weighted by molar-refractivity contribution is -0.0305. The maximum Gasteiger partial charge on any atom is 0.0580 e. The summed E-state index contributed by atoms with van der Waals surface area (Å²) in [6, 6.07) is 0.715. The van der Waals surface area contributed by atoms with Crippen molar-refractivity contribution in [3.63, 3.8) is 0 Å². The first-order valence-electron chi connectivity index (χ1n) is 7.56. The molecule has 0 radical (unpaired) electrons. The van der Waals surface area contributed by atoms with Crippen LogP contribution in [0.5, 0.6) is 0 Å². The van der Waals surface area contributed by atoms with Crippen LogP contribution in [0.15, 0.2) is 0 Å². The van der Waals surface area contributed by atoms with Gasteiger partial charge in [0.15, 0.2) is 0 Å². The normalized spacial score (nSPS) is 27.5. The highest BCUT2D eigenvalue weighted by Crippen LogP contribution is 2.35. The molecule has 0 spiro atoms. The van der Waals surface area contributed by atoms with E-state index < -0.39 is 0 Å². The Morgan fingerprint density at radius 1 is 1.24 bits per heavy atom. The van der Waals surface area contributed by atoms with Gasteiger partial charge in [0.25, 0.3) is 0 Å². The highest BCUT2D eigenvalue weighted by molar-refractivity contribution is 4.85. The van der Waals surface area contributed by atoms with E-state index in [0.29, 0.717) is 12.1 Å². The van der Waals surface area contributed by atoms with E-state index in [-0.39, 0.29) is 0 Å². The predicted molar refractivity (Wildman–Crippen MR) is 74.3 cm³/mol. The standard InChI is InChI=1S/C15H31NO/c1-5-8-16-15(12(4)6-2)11-13-9-14(10-13)17-7-3/h12-16H,5-11H2,1-4H3. The summed E-state index contributed by atoms with van der Waals surface area (Å²) in [5.41, 5.74) is 0. The van der Waals surface area contributed by atoms with Crippen molar-refractivity contribution in [2.75, 3.05) is 13.2 Å². The molecule has 1 rings (SSSR count). The van der Waals surface area contributed by atoms with Crippen LogP contribution in [0.25, 0.3) is 0 Å². The minimum atomic E-state index is 0.564. The maximum absolute atomic E-state index is 5.64. The van der Waals surface area contributed by atoms with Gasteiger partial charge in [-0.05, 0) is 51.0 Å². The van der Waals surface area contributed by atoms with Gasteiger partial charge in [-0.3, -0.25) is 0 Å². The number of hydrogen-bond donors (Lipinski definition) is 1. The van der Waals surface area contributed by atoms with E-state index in [9.17, 15) is 0 Å². The fourth-order valence-corrected chi connectivity index (χ4v) is 2.73. The third-order valence-corrected chi connectivity index (χ3v) is 4.17. The summed E-state index contributed by atoms with van der Waals surface area (Å²) < 4.78 is 5.64. The Labute approximate surface area is 108 Å². The van der Waals surface area contributed by atoms with Crippen LogP contribution in [-0.4, -0.2) is 25.3 Å². The van der Waals surface area contributed by atoms with E-state index in [2.05, 4.69) is 33.0 Å². The van der Waals surface area contributed by atoms with E-state index in [0.717, 1.165) is 25.0 Å². The Balaban J connectivity index is 2.24. The molecule has 0 heterocycles. The van der Waals surface area contributed by atoms with Crippen LogP contribution in [-0.2, 0) is 4.74 Å². The van der Waals surface area contributed by atoms with Gasteiger partial charge in [0.1, 0.15) is 0 Å². The summed E-state index contributed by atoms with van der Waals surface area (Å²) >= 11 is 0. The van der Waals surface area contributed by atoms with Crippen LogP contribution in [0.1, 0.15) is 59.8 Å². The molecule has 1 aliphatic carbocycles. The number of hydrogen-bond acceptors (Lipinski definition) is 2. The van der Waals surface area contributed by atoms with Gasteiger partial charge in [-0.2, -0.15) is 0 Å². The molecule has 0 saturated heterocycles. The van der Waals surface area contributed by atoms with Crippen molar-refractivity contribution >= 4 is 0 Å². The molecule has 1 fully saturated rings. The molecule has 0 amide bonds. The Hall–Kier alpha value is -0.0800. The minimum absolute atomic E-state index is 0.564. The third-order valence-electron chi connectivity index (χ3n) is 4.17. The Morgan fingerprint density at radius 2 is 1.94 bits per heavy atom. The van der Waals surface area contributed by atoms with Crippen LogP contribution < -0.4 is 5.32 Å². The van der Waals surface area contributed by atoms with Gasteiger partial charge in [0, 0.05) is 12.6 Å². The molecule has 0 aromatic carbocycles. The largest absolute Gasteiger partial charge is 0.378 e. The van der Waals surface area contributed by atoms with Crippen molar-refractivity contribution in [3.8, 4) is 0 Å². The molecule has 1 saturated carbocycles. The lowest BCUT2D eigenvalue weighted by Gasteiger charge is -2.38. The molecule has 2 heteroatoms. The van der Waals surface area contributed by atoms with Gasteiger partial charge in [-0.25, -0.2) is 0 Å². The second-order valence-electron chi connectivity index (χ2n) is 5.60. The van der Waals surface area contributed by atoms with Crippen LogP contribution in [0.3, 0.4) is 0 Å². The van der Waals surface area contributed by atoms with Crippen LogP contribution in [0.2, 0.25) is 0 Å². The average Bonchev–Trinajstić information content (AvgIpc) is 2.29. The minimum Gasteiger partial charge on any atom is -0.378 e. The summed E-state index contributed by atoms with van der Waals surface area (Å²) in [7, 11) is 0. The molecule has 0 aliphatic heterocycles. The number of nitrogens with one attached hydrogen (secondary N) is 1. The second-order valence-corrected chi connectivity index (χ2v) is 5.60. The van der Waals surface area contributed by atoms with Gasteiger partial charge < -0.3 is 10.1 Å². The van der Waals surface area contributed by atoms with Gasteiger partial charge in [-0.15, -0.1) is 0 Å². The van der Waals surface area contributed by atoms with E-state index in [1.165, 1.54) is 32.1 Å². The highest BCUT2D eigenvalue weighted by atomic mass is 16.5.